The van der Waals surface area contributed by atoms with E-state index < -0.39 is 0 Å². The van der Waals surface area contributed by atoms with Gasteiger partial charge in [-0.15, -0.1) is 0 Å². The number of esters is 1. The number of hydrogen-bond donors (Lipinski definition) is 1. The molecular formula is C17H31N3O2. The molecule has 0 spiro atoms. The predicted molar refractivity (Wildman–Crippen MR) is 88.7 cm³/mol. The van der Waals surface area contributed by atoms with E-state index in [9.17, 15) is 4.79 Å². The fourth-order valence-electron chi connectivity index (χ4n) is 3.85. The molecular weight excluding hydrogens is 278 g/mol. The molecule has 1 aliphatic carbocycles. The van der Waals surface area contributed by atoms with E-state index in [0.717, 1.165) is 30.9 Å². The molecule has 1 heterocycles. The summed E-state index contributed by atoms with van der Waals surface area (Å²) in [6, 6.07) is 0. The lowest BCUT2D eigenvalue weighted by molar-refractivity contribution is -0.145. The van der Waals surface area contributed by atoms with Crippen molar-refractivity contribution in [3.8, 4) is 0 Å². The van der Waals surface area contributed by atoms with Gasteiger partial charge >= 0.3 is 5.97 Å². The van der Waals surface area contributed by atoms with Crippen LogP contribution in [0, 0.1) is 23.7 Å². The number of carbonyl (C=O) groups is 1. The van der Waals surface area contributed by atoms with Crippen molar-refractivity contribution in [1.29, 1.82) is 0 Å². The van der Waals surface area contributed by atoms with Crippen molar-refractivity contribution in [1.82, 2.24) is 10.2 Å². The minimum Gasteiger partial charge on any atom is -0.469 e. The molecule has 5 heteroatoms. The summed E-state index contributed by atoms with van der Waals surface area (Å²) < 4.78 is 4.91. The van der Waals surface area contributed by atoms with E-state index in [1.807, 2.05) is 7.05 Å². The van der Waals surface area contributed by atoms with Crippen LogP contribution in [-0.4, -0.2) is 50.6 Å². The summed E-state index contributed by atoms with van der Waals surface area (Å²) in [5.41, 5.74) is 0. The first-order valence-corrected chi connectivity index (χ1v) is 8.60. The predicted octanol–water partition coefficient (Wildman–Crippen LogP) is 2.13. The number of rotatable bonds is 3. The molecule has 1 saturated heterocycles. The van der Waals surface area contributed by atoms with Crippen LogP contribution >= 0.6 is 0 Å². The van der Waals surface area contributed by atoms with E-state index in [1.54, 1.807) is 0 Å². The van der Waals surface area contributed by atoms with Gasteiger partial charge < -0.3 is 15.0 Å². The van der Waals surface area contributed by atoms with Crippen molar-refractivity contribution in [3.63, 3.8) is 0 Å². The van der Waals surface area contributed by atoms with Gasteiger partial charge in [0.15, 0.2) is 5.96 Å². The van der Waals surface area contributed by atoms with Gasteiger partial charge in [0, 0.05) is 26.7 Å². The number of methoxy groups -OCH3 is 1. The van der Waals surface area contributed by atoms with E-state index in [4.69, 9.17) is 4.74 Å². The summed E-state index contributed by atoms with van der Waals surface area (Å²) in [4.78, 5) is 18.4. The van der Waals surface area contributed by atoms with Crippen molar-refractivity contribution < 1.29 is 9.53 Å². The summed E-state index contributed by atoms with van der Waals surface area (Å²) >= 11 is 0. The van der Waals surface area contributed by atoms with Crippen molar-refractivity contribution in [2.24, 2.45) is 28.7 Å². The SMILES string of the molecule is CN=C(NCC1CCCCC1C)N1CC(C)C(C(=O)OC)C1. The highest BCUT2D eigenvalue weighted by Crippen LogP contribution is 2.29. The molecule has 5 nitrogen and oxygen atoms in total. The van der Waals surface area contributed by atoms with Gasteiger partial charge in [-0.25, -0.2) is 0 Å². The standard InChI is InChI=1S/C17H31N3O2/c1-12-7-5-6-8-14(12)9-19-17(18-3)20-10-13(2)15(11-20)16(21)22-4/h12-15H,5-11H2,1-4H3,(H,18,19). The van der Waals surface area contributed by atoms with Crippen molar-refractivity contribution in [2.75, 3.05) is 33.8 Å². The van der Waals surface area contributed by atoms with Crippen LogP contribution < -0.4 is 5.32 Å². The van der Waals surface area contributed by atoms with E-state index in [-0.39, 0.29) is 11.9 Å². The Kier molecular flexibility index (Phi) is 6.09. The first-order chi connectivity index (χ1) is 10.6. The second-order valence-corrected chi connectivity index (χ2v) is 6.96. The van der Waals surface area contributed by atoms with Crippen LogP contribution in [0.5, 0.6) is 0 Å². The quantitative estimate of drug-likeness (QED) is 0.493. The zero-order chi connectivity index (χ0) is 16.1. The summed E-state index contributed by atoms with van der Waals surface area (Å²) in [5.74, 6) is 2.61. The van der Waals surface area contributed by atoms with Crippen LogP contribution in [0.4, 0.5) is 0 Å². The fraction of sp³-hybridized carbons (Fsp3) is 0.882. The first-order valence-electron chi connectivity index (χ1n) is 8.60. The molecule has 2 fully saturated rings. The fourth-order valence-corrected chi connectivity index (χ4v) is 3.85. The Morgan fingerprint density at radius 1 is 1.23 bits per heavy atom. The minimum absolute atomic E-state index is 0.0443. The molecule has 2 aliphatic rings. The third-order valence-electron chi connectivity index (χ3n) is 5.44. The molecule has 0 radical (unpaired) electrons. The van der Waals surface area contributed by atoms with Crippen molar-refractivity contribution >= 4 is 11.9 Å². The molecule has 1 aliphatic heterocycles. The number of hydrogen-bond acceptors (Lipinski definition) is 3. The van der Waals surface area contributed by atoms with Gasteiger partial charge in [0.05, 0.1) is 13.0 Å². The smallest absolute Gasteiger partial charge is 0.310 e. The lowest BCUT2D eigenvalue weighted by Gasteiger charge is -2.30. The Balaban J connectivity index is 1.88. The lowest BCUT2D eigenvalue weighted by Crippen LogP contribution is -2.43. The van der Waals surface area contributed by atoms with Crippen molar-refractivity contribution in [3.05, 3.63) is 0 Å². The number of carbonyl (C=O) groups excluding carboxylic acids is 1. The summed E-state index contributed by atoms with van der Waals surface area (Å²) in [6.07, 6.45) is 5.37. The number of aliphatic imine (C=N–C) groups is 1. The van der Waals surface area contributed by atoms with Gasteiger partial charge in [-0.2, -0.15) is 0 Å². The third-order valence-corrected chi connectivity index (χ3v) is 5.44. The number of guanidine groups is 1. The largest absolute Gasteiger partial charge is 0.469 e. The molecule has 126 valence electrons. The number of nitrogens with zero attached hydrogens (tertiary/aromatic N) is 2. The molecule has 0 bridgehead atoms. The zero-order valence-corrected chi connectivity index (χ0v) is 14.5. The Morgan fingerprint density at radius 3 is 2.59 bits per heavy atom. The molecule has 4 atom stereocenters. The Hall–Kier alpha value is -1.26. The van der Waals surface area contributed by atoms with Crippen LogP contribution in [0.25, 0.3) is 0 Å². The van der Waals surface area contributed by atoms with Crippen LogP contribution in [0.3, 0.4) is 0 Å². The van der Waals surface area contributed by atoms with Crippen molar-refractivity contribution in [2.45, 2.75) is 39.5 Å². The van der Waals surface area contributed by atoms with E-state index >= 15 is 0 Å². The monoisotopic (exact) mass is 309 g/mol. The second-order valence-electron chi connectivity index (χ2n) is 6.96. The third kappa shape index (κ3) is 3.93. The number of ether oxygens (including phenoxy) is 1. The van der Waals surface area contributed by atoms with Gasteiger partial charge in [0.1, 0.15) is 0 Å². The average molecular weight is 309 g/mol. The molecule has 0 amide bonds. The molecule has 22 heavy (non-hydrogen) atoms. The summed E-state index contributed by atoms with van der Waals surface area (Å²) in [5, 5.41) is 3.53. The zero-order valence-electron chi connectivity index (χ0n) is 14.5. The minimum atomic E-state index is -0.105. The average Bonchev–Trinajstić information content (AvgIpc) is 2.90. The highest BCUT2D eigenvalue weighted by molar-refractivity contribution is 5.82. The van der Waals surface area contributed by atoms with Gasteiger partial charge in [0.2, 0.25) is 0 Å². The van der Waals surface area contributed by atoms with Gasteiger partial charge in [-0.05, 0) is 24.2 Å². The Labute approximate surface area is 134 Å². The number of likely N-dealkylation sites (tertiary alicyclic amines) is 1. The normalized spacial score (nSPS) is 32.9. The van der Waals surface area contributed by atoms with Gasteiger partial charge in [0.25, 0.3) is 0 Å². The summed E-state index contributed by atoms with van der Waals surface area (Å²) in [7, 11) is 3.29. The molecule has 0 aromatic rings. The maximum absolute atomic E-state index is 11.8. The van der Waals surface area contributed by atoms with Crippen LogP contribution in [0.1, 0.15) is 39.5 Å². The Bertz CT molecular complexity index is 411. The maximum Gasteiger partial charge on any atom is 0.310 e. The van der Waals surface area contributed by atoms with Crippen LogP contribution in [-0.2, 0) is 9.53 Å². The topological polar surface area (TPSA) is 53.9 Å². The maximum atomic E-state index is 11.8. The summed E-state index contributed by atoms with van der Waals surface area (Å²) in [6.45, 7) is 7.02. The highest BCUT2D eigenvalue weighted by Gasteiger charge is 2.37. The second kappa shape index (κ2) is 7.84. The molecule has 0 aromatic heterocycles. The molecule has 0 aromatic carbocycles. The van der Waals surface area contributed by atoms with Crippen LogP contribution in [0.15, 0.2) is 4.99 Å². The molecule has 2 rings (SSSR count). The highest BCUT2D eigenvalue weighted by atomic mass is 16.5. The first kappa shape index (κ1) is 17.1. The molecule has 4 unspecified atom stereocenters. The lowest BCUT2D eigenvalue weighted by atomic mass is 9.80. The van der Waals surface area contributed by atoms with Crippen LogP contribution in [0.2, 0.25) is 0 Å². The van der Waals surface area contributed by atoms with E-state index in [1.165, 1.54) is 32.8 Å². The Morgan fingerprint density at radius 2 is 1.95 bits per heavy atom. The number of nitrogens with one attached hydrogen (secondary N) is 1. The van der Waals surface area contributed by atoms with Gasteiger partial charge in [-0.3, -0.25) is 9.79 Å². The van der Waals surface area contributed by atoms with Gasteiger partial charge in [-0.1, -0.05) is 33.1 Å². The van der Waals surface area contributed by atoms with E-state index in [0.29, 0.717) is 12.5 Å². The molecule has 1 N–H and O–H groups in total. The van der Waals surface area contributed by atoms with E-state index in [2.05, 4.69) is 29.1 Å². The molecule has 1 saturated carbocycles.